The highest BCUT2D eigenvalue weighted by atomic mass is 32.1. The summed E-state index contributed by atoms with van der Waals surface area (Å²) < 4.78 is 10.9. The molecule has 2 fully saturated rings. The van der Waals surface area contributed by atoms with Crippen molar-refractivity contribution in [3.05, 3.63) is 46.2 Å². The Kier molecular flexibility index (Phi) is 5.71. The predicted molar refractivity (Wildman–Crippen MR) is 122 cm³/mol. The summed E-state index contributed by atoms with van der Waals surface area (Å²) >= 11 is 1.67. The smallest absolute Gasteiger partial charge is 0.257 e. The van der Waals surface area contributed by atoms with Gasteiger partial charge in [-0.25, -0.2) is 5.01 Å². The van der Waals surface area contributed by atoms with Crippen LogP contribution in [-0.4, -0.2) is 54.9 Å². The molecule has 2 heterocycles. The minimum absolute atomic E-state index is 0.0823. The van der Waals surface area contributed by atoms with E-state index < -0.39 is 0 Å². The van der Waals surface area contributed by atoms with Crippen molar-refractivity contribution in [3.63, 3.8) is 0 Å². The van der Waals surface area contributed by atoms with Gasteiger partial charge in [-0.2, -0.15) is 5.10 Å². The first-order valence-electron chi connectivity index (χ1n) is 11.1. The Hall–Kier alpha value is -2.38. The fourth-order valence-electron chi connectivity index (χ4n) is 4.31. The molecule has 0 bridgehead atoms. The molecule has 2 aliphatic carbocycles. The van der Waals surface area contributed by atoms with Crippen LogP contribution in [0, 0.1) is 5.92 Å². The predicted octanol–water partition coefficient (Wildman–Crippen LogP) is 4.32. The number of hydrogen-bond donors (Lipinski definition) is 0. The van der Waals surface area contributed by atoms with Gasteiger partial charge in [-0.1, -0.05) is 12.1 Å². The van der Waals surface area contributed by atoms with Gasteiger partial charge >= 0.3 is 0 Å². The number of ether oxygens (including phenoxy) is 2. The molecule has 31 heavy (non-hydrogen) atoms. The third-order valence-electron chi connectivity index (χ3n) is 6.36. The Morgan fingerprint density at radius 1 is 1.16 bits per heavy atom. The number of amides is 1. The molecule has 1 amide bonds. The summed E-state index contributed by atoms with van der Waals surface area (Å²) in [4.78, 5) is 17.0. The van der Waals surface area contributed by atoms with Crippen LogP contribution in [0.3, 0.4) is 0 Å². The van der Waals surface area contributed by atoms with E-state index in [1.807, 2.05) is 24.3 Å². The number of thiophene rings is 1. The number of nitrogens with zero attached hydrogens (tertiary/aromatic N) is 3. The number of rotatable bonds is 9. The lowest BCUT2D eigenvalue weighted by molar-refractivity contribution is -0.134. The van der Waals surface area contributed by atoms with Crippen molar-refractivity contribution >= 4 is 23.0 Å². The maximum Gasteiger partial charge on any atom is 0.257 e. The number of carbonyl (C=O) groups excluding carboxylic acids is 1. The molecule has 2 aromatic rings. The number of hydrogen-bond acceptors (Lipinski definition) is 6. The fraction of sp³-hybridized carbons (Fsp3) is 0.500. The number of carbonyl (C=O) groups is 1. The summed E-state index contributed by atoms with van der Waals surface area (Å²) in [6.45, 7) is 1.50. The zero-order valence-electron chi connectivity index (χ0n) is 18.1. The van der Waals surface area contributed by atoms with Gasteiger partial charge in [0, 0.05) is 19.0 Å². The van der Waals surface area contributed by atoms with Crippen LogP contribution in [0.5, 0.6) is 11.5 Å². The van der Waals surface area contributed by atoms with E-state index in [2.05, 4.69) is 16.3 Å². The lowest BCUT2D eigenvalue weighted by Crippen LogP contribution is -2.40. The van der Waals surface area contributed by atoms with Crippen molar-refractivity contribution in [2.75, 3.05) is 27.3 Å². The highest BCUT2D eigenvalue weighted by Gasteiger charge is 2.38. The van der Waals surface area contributed by atoms with Gasteiger partial charge in [0.25, 0.3) is 5.91 Å². The van der Waals surface area contributed by atoms with E-state index in [1.165, 1.54) is 25.7 Å². The Balaban J connectivity index is 1.41. The molecule has 0 spiro atoms. The van der Waals surface area contributed by atoms with Crippen LogP contribution in [0.2, 0.25) is 0 Å². The molecule has 7 heteroatoms. The van der Waals surface area contributed by atoms with E-state index in [1.54, 1.807) is 30.6 Å². The van der Waals surface area contributed by atoms with Gasteiger partial charge < -0.3 is 9.47 Å². The average Bonchev–Trinajstić information content (AvgIpc) is 3.70. The van der Waals surface area contributed by atoms with Crippen LogP contribution in [0.15, 0.2) is 40.8 Å². The summed E-state index contributed by atoms with van der Waals surface area (Å²) in [6.07, 6.45) is 5.73. The number of benzene rings is 1. The molecular formula is C24H29N3O3S. The van der Waals surface area contributed by atoms with Gasteiger partial charge in [0.1, 0.15) is 0 Å². The van der Waals surface area contributed by atoms with Gasteiger partial charge in [0.2, 0.25) is 0 Å². The second kappa shape index (κ2) is 8.63. The van der Waals surface area contributed by atoms with E-state index in [9.17, 15) is 4.79 Å². The quantitative estimate of drug-likeness (QED) is 0.584. The monoisotopic (exact) mass is 439 g/mol. The van der Waals surface area contributed by atoms with Gasteiger partial charge in [-0.15, -0.1) is 11.3 Å². The van der Waals surface area contributed by atoms with E-state index in [-0.39, 0.29) is 11.9 Å². The molecule has 0 saturated heterocycles. The minimum atomic E-state index is -0.133. The van der Waals surface area contributed by atoms with E-state index in [4.69, 9.17) is 14.6 Å². The lowest BCUT2D eigenvalue weighted by atomic mass is 10.0. The Morgan fingerprint density at radius 2 is 1.97 bits per heavy atom. The largest absolute Gasteiger partial charge is 0.493 e. The highest BCUT2D eigenvalue weighted by molar-refractivity contribution is 7.12. The maximum atomic E-state index is 13.5. The van der Waals surface area contributed by atoms with Crippen LogP contribution in [-0.2, 0) is 4.79 Å². The number of methoxy groups -OCH3 is 2. The fourth-order valence-corrected chi connectivity index (χ4v) is 5.03. The van der Waals surface area contributed by atoms with Crippen molar-refractivity contribution in [2.24, 2.45) is 11.0 Å². The summed E-state index contributed by atoms with van der Waals surface area (Å²) in [7, 11) is 3.27. The molecule has 2 saturated carbocycles. The molecule has 5 rings (SSSR count). The van der Waals surface area contributed by atoms with Crippen molar-refractivity contribution in [2.45, 2.75) is 44.2 Å². The van der Waals surface area contributed by atoms with Crippen molar-refractivity contribution < 1.29 is 14.3 Å². The summed E-state index contributed by atoms with van der Waals surface area (Å²) in [6, 6.07) is 10.4. The molecule has 1 unspecified atom stereocenters. The van der Waals surface area contributed by atoms with Crippen LogP contribution >= 0.6 is 11.3 Å². The zero-order valence-corrected chi connectivity index (χ0v) is 18.9. The molecule has 1 aromatic heterocycles. The summed E-state index contributed by atoms with van der Waals surface area (Å²) in [5.41, 5.74) is 1.99. The molecule has 1 aliphatic heterocycles. The van der Waals surface area contributed by atoms with Gasteiger partial charge in [-0.3, -0.25) is 9.69 Å². The Bertz CT molecular complexity index is 966. The Morgan fingerprint density at radius 3 is 2.61 bits per heavy atom. The average molecular weight is 440 g/mol. The van der Waals surface area contributed by atoms with Crippen LogP contribution in [0.1, 0.15) is 48.6 Å². The standard InChI is InChI=1S/C24H29N3O3S/c1-29-21-10-7-17(12-22(21)30-2)20-13-19(23-4-3-11-31-23)25-27(20)24(28)15-26(18-8-9-18)14-16-5-6-16/h3-4,7,10-12,16,18,20H,5-6,8-9,13-15H2,1-2H3. The summed E-state index contributed by atoms with van der Waals surface area (Å²) in [5.74, 6) is 2.22. The molecule has 164 valence electrons. The third kappa shape index (κ3) is 4.48. The molecule has 0 N–H and O–H groups in total. The van der Waals surface area contributed by atoms with Gasteiger partial charge in [-0.05, 0) is 60.7 Å². The van der Waals surface area contributed by atoms with Crippen molar-refractivity contribution in [1.82, 2.24) is 9.91 Å². The molecule has 1 atom stereocenters. The van der Waals surface area contributed by atoms with Crippen molar-refractivity contribution in [1.29, 1.82) is 0 Å². The zero-order chi connectivity index (χ0) is 21.4. The van der Waals surface area contributed by atoms with Crippen LogP contribution in [0.4, 0.5) is 0 Å². The maximum absolute atomic E-state index is 13.5. The molecular weight excluding hydrogens is 410 g/mol. The topological polar surface area (TPSA) is 54.4 Å². The molecule has 1 aromatic carbocycles. The second-order valence-corrected chi connectivity index (χ2v) is 9.65. The van der Waals surface area contributed by atoms with Gasteiger partial charge in [0.05, 0.1) is 37.4 Å². The lowest BCUT2D eigenvalue weighted by Gasteiger charge is -2.27. The molecule has 0 radical (unpaired) electrons. The first-order valence-corrected chi connectivity index (χ1v) is 11.9. The molecule has 6 nitrogen and oxygen atoms in total. The van der Waals surface area contributed by atoms with Crippen LogP contribution < -0.4 is 9.47 Å². The second-order valence-electron chi connectivity index (χ2n) is 8.70. The Labute approximate surface area is 187 Å². The first-order chi connectivity index (χ1) is 15.2. The highest BCUT2D eigenvalue weighted by Crippen LogP contribution is 2.39. The third-order valence-corrected chi connectivity index (χ3v) is 7.27. The normalized spacial score (nSPS) is 20.8. The van der Waals surface area contributed by atoms with E-state index in [0.717, 1.165) is 28.6 Å². The SMILES string of the molecule is COc1ccc(C2CC(c3cccs3)=NN2C(=O)CN(CC2CC2)C2CC2)cc1OC. The van der Waals surface area contributed by atoms with E-state index in [0.29, 0.717) is 30.5 Å². The minimum Gasteiger partial charge on any atom is -0.493 e. The van der Waals surface area contributed by atoms with Gasteiger partial charge in [0.15, 0.2) is 11.5 Å². The van der Waals surface area contributed by atoms with E-state index >= 15 is 0 Å². The first kappa shape index (κ1) is 20.5. The molecule has 3 aliphatic rings. The summed E-state index contributed by atoms with van der Waals surface area (Å²) in [5, 5.41) is 8.60. The number of hydrazone groups is 1. The van der Waals surface area contributed by atoms with Crippen LogP contribution in [0.25, 0.3) is 0 Å². The van der Waals surface area contributed by atoms with Crippen molar-refractivity contribution in [3.8, 4) is 11.5 Å².